The summed E-state index contributed by atoms with van der Waals surface area (Å²) in [4.78, 5) is 4.79. The van der Waals surface area contributed by atoms with Crippen LogP contribution in [-0.2, 0) is 4.74 Å². The van der Waals surface area contributed by atoms with Crippen molar-refractivity contribution in [2.24, 2.45) is 4.99 Å². The van der Waals surface area contributed by atoms with Crippen molar-refractivity contribution in [2.75, 3.05) is 7.11 Å². The van der Waals surface area contributed by atoms with Gasteiger partial charge in [0.05, 0.1) is 11.8 Å². The van der Waals surface area contributed by atoms with Crippen molar-refractivity contribution < 1.29 is 4.74 Å². The fourth-order valence-corrected chi connectivity index (χ4v) is 2.37. The molecule has 2 rings (SSSR count). The van der Waals surface area contributed by atoms with Crippen LogP contribution < -0.4 is 0 Å². The predicted octanol–water partition coefficient (Wildman–Crippen LogP) is 3.96. The molecule has 1 aliphatic rings. The quantitative estimate of drug-likeness (QED) is 0.754. The normalized spacial score (nSPS) is 20.4. The summed E-state index contributed by atoms with van der Waals surface area (Å²) in [5, 5.41) is 0. The van der Waals surface area contributed by atoms with Gasteiger partial charge in [-0.2, -0.15) is 0 Å². The molecule has 0 aliphatic heterocycles. The van der Waals surface area contributed by atoms with Crippen LogP contribution in [0.2, 0.25) is 0 Å². The number of nitrogens with zero attached hydrogens (tertiary/aromatic N) is 1. The molecule has 1 saturated carbocycles. The lowest BCUT2D eigenvalue weighted by atomic mass is 9.95. The summed E-state index contributed by atoms with van der Waals surface area (Å²) in [6.07, 6.45) is 4.81. The lowest BCUT2D eigenvalue weighted by Crippen LogP contribution is -2.20. The molecule has 0 bridgehead atoms. The van der Waals surface area contributed by atoms with Crippen molar-refractivity contribution in [3.8, 4) is 0 Å². The molecule has 1 fully saturated rings. The first-order valence-electron chi connectivity index (χ1n) is 6.35. The third kappa shape index (κ3) is 3.16. The smallest absolute Gasteiger partial charge is 0.0658 e. The molecule has 17 heavy (non-hydrogen) atoms. The topological polar surface area (TPSA) is 21.6 Å². The maximum atomic E-state index is 5.37. The van der Waals surface area contributed by atoms with Gasteiger partial charge in [-0.15, -0.1) is 0 Å². The lowest BCUT2D eigenvalue weighted by molar-refractivity contribution is 0.0863. The molecule has 1 aliphatic carbocycles. The Morgan fingerprint density at radius 3 is 2.47 bits per heavy atom. The maximum Gasteiger partial charge on any atom is 0.0658 e. The molecule has 0 heterocycles. The van der Waals surface area contributed by atoms with E-state index in [2.05, 4.69) is 32.0 Å². The Morgan fingerprint density at radius 1 is 1.18 bits per heavy atom. The first-order valence-corrected chi connectivity index (χ1v) is 6.35. The van der Waals surface area contributed by atoms with Crippen molar-refractivity contribution in [3.63, 3.8) is 0 Å². The Kier molecular flexibility index (Phi) is 3.95. The van der Waals surface area contributed by atoms with Gasteiger partial charge in [0.1, 0.15) is 0 Å². The molecule has 2 nitrogen and oxygen atoms in total. The van der Waals surface area contributed by atoms with E-state index in [4.69, 9.17) is 9.73 Å². The summed E-state index contributed by atoms with van der Waals surface area (Å²) in [6, 6.07) is 6.45. The zero-order valence-corrected chi connectivity index (χ0v) is 11.0. The van der Waals surface area contributed by atoms with E-state index in [1.807, 2.05) is 0 Å². The van der Waals surface area contributed by atoms with Crippen LogP contribution in [0, 0.1) is 13.8 Å². The van der Waals surface area contributed by atoms with Crippen molar-refractivity contribution in [2.45, 2.75) is 45.6 Å². The van der Waals surface area contributed by atoms with Gasteiger partial charge in [0, 0.05) is 12.8 Å². The van der Waals surface area contributed by atoms with E-state index in [9.17, 15) is 0 Å². The van der Waals surface area contributed by atoms with Gasteiger partial charge in [-0.05, 0) is 51.2 Å². The Balaban J connectivity index is 2.09. The van der Waals surface area contributed by atoms with Gasteiger partial charge >= 0.3 is 0 Å². The van der Waals surface area contributed by atoms with Crippen LogP contribution >= 0.6 is 0 Å². The van der Waals surface area contributed by atoms with Gasteiger partial charge in [0.2, 0.25) is 0 Å². The predicted molar refractivity (Wildman–Crippen MR) is 72.3 cm³/mol. The SMILES string of the molecule is COC1CCC(=Nc2ccc(C)cc2C)CC1. The first-order chi connectivity index (χ1) is 8.19. The van der Waals surface area contributed by atoms with E-state index in [-0.39, 0.29) is 0 Å². The number of hydrogen-bond donors (Lipinski definition) is 0. The van der Waals surface area contributed by atoms with Gasteiger partial charge in [0.15, 0.2) is 0 Å². The second-order valence-corrected chi connectivity index (χ2v) is 4.90. The Labute approximate surface area is 104 Å². The maximum absolute atomic E-state index is 5.37. The molecule has 0 aromatic heterocycles. The van der Waals surface area contributed by atoms with E-state index in [1.54, 1.807) is 7.11 Å². The Morgan fingerprint density at radius 2 is 1.88 bits per heavy atom. The molecule has 2 heteroatoms. The van der Waals surface area contributed by atoms with E-state index in [0.717, 1.165) is 31.4 Å². The standard InChI is InChI=1S/C15H21NO/c1-11-4-9-15(12(2)10-11)16-13-5-7-14(17-3)8-6-13/h4,9-10,14H,5-8H2,1-3H3. The van der Waals surface area contributed by atoms with Gasteiger partial charge in [-0.25, -0.2) is 0 Å². The lowest BCUT2D eigenvalue weighted by Gasteiger charge is -2.21. The fraction of sp³-hybridized carbons (Fsp3) is 0.533. The van der Waals surface area contributed by atoms with Crippen LogP contribution in [-0.4, -0.2) is 18.9 Å². The van der Waals surface area contributed by atoms with Gasteiger partial charge in [-0.3, -0.25) is 4.99 Å². The van der Waals surface area contributed by atoms with E-state index >= 15 is 0 Å². The summed E-state index contributed by atoms with van der Waals surface area (Å²) >= 11 is 0. The van der Waals surface area contributed by atoms with Gasteiger partial charge in [-0.1, -0.05) is 17.7 Å². The minimum Gasteiger partial charge on any atom is -0.381 e. The van der Waals surface area contributed by atoms with Crippen LogP contribution in [0.5, 0.6) is 0 Å². The molecule has 0 N–H and O–H groups in total. The third-order valence-corrected chi connectivity index (χ3v) is 3.47. The number of aryl methyl sites for hydroxylation is 2. The van der Waals surface area contributed by atoms with Crippen molar-refractivity contribution in [1.29, 1.82) is 0 Å². The number of hydrogen-bond acceptors (Lipinski definition) is 2. The molecule has 1 aromatic carbocycles. The second-order valence-electron chi connectivity index (χ2n) is 4.90. The average Bonchev–Trinajstić information content (AvgIpc) is 2.34. The molecule has 0 unspecified atom stereocenters. The molecule has 0 spiro atoms. The van der Waals surface area contributed by atoms with Crippen LogP contribution in [0.15, 0.2) is 23.2 Å². The summed E-state index contributed by atoms with van der Waals surface area (Å²) in [5.74, 6) is 0. The number of rotatable bonds is 2. The Hall–Kier alpha value is -1.15. The van der Waals surface area contributed by atoms with E-state index in [1.165, 1.54) is 16.8 Å². The molecule has 0 atom stereocenters. The van der Waals surface area contributed by atoms with Crippen LogP contribution in [0.25, 0.3) is 0 Å². The number of aliphatic imine (C=N–C) groups is 1. The summed E-state index contributed by atoms with van der Waals surface area (Å²) in [6.45, 7) is 4.25. The highest BCUT2D eigenvalue weighted by molar-refractivity contribution is 5.87. The molecule has 0 amide bonds. The number of benzene rings is 1. The molecule has 0 radical (unpaired) electrons. The summed E-state index contributed by atoms with van der Waals surface area (Å²) in [7, 11) is 1.80. The largest absolute Gasteiger partial charge is 0.381 e. The average molecular weight is 231 g/mol. The highest BCUT2D eigenvalue weighted by Crippen LogP contribution is 2.24. The van der Waals surface area contributed by atoms with Crippen LogP contribution in [0.4, 0.5) is 5.69 Å². The van der Waals surface area contributed by atoms with Gasteiger partial charge in [0.25, 0.3) is 0 Å². The number of ether oxygens (including phenoxy) is 1. The molecule has 0 saturated heterocycles. The second kappa shape index (κ2) is 5.46. The van der Waals surface area contributed by atoms with E-state index in [0.29, 0.717) is 6.10 Å². The third-order valence-electron chi connectivity index (χ3n) is 3.47. The molecular formula is C15H21NO. The highest BCUT2D eigenvalue weighted by atomic mass is 16.5. The minimum absolute atomic E-state index is 0.438. The van der Waals surface area contributed by atoms with Crippen molar-refractivity contribution in [1.82, 2.24) is 0 Å². The molecule has 92 valence electrons. The van der Waals surface area contributed by atoms with E-state index < -0.39 is 0 Å². The molecular weight excluding hydrogens is 210 g/mol. The fourth-order valence-electron chi connectivity index (χ4n) is 2.37. The summed E-state index contributed by atoms with van der Waals surface area (Å²) < 4.78 is 5.37. The van der Waals surface area contributed by atoms with Crippen LogP contribution in [0.3, 0.4) is 0 Å². The van der Waals surface area contributed by atoms with Crippen molar-refractivity contribution in [3.05, 3.63) is 29.3 Å². The Bertz CT molecular complexity index is 413. The van der Waals surface area contributed by atoms with Crippen LogP contribution in [0.1, 0.15) is 36.8 Å². The van der Waals surface area contributed by atoms with Crippen molar-refractivity contribution >= 4 is 11.4 Å². The minimum atomic E-state index is 0.438. The zero-order valence-electron chi connectivity index (χ0n) is 11.0. The number of methoxy groups -OCH3 is 1. The zero-order chi connectivity index (χ0) is 12.3. The van der Waals surface area contributed by atoms with Gasteiger partial charge < -0.3 is 4.74 Å². The molecule has 1 aromatic rings. The monoisotopic (exact) mass is 231 g/mol. The first kappa shape index (κ1) is 12.3. The highest BCUT2D eigenvalue weighted by Gasteiger charge is 2.16. The summed E-state index contributed by atoms with van der Waals surface area (Å²) in [5.41, 5.74) is 5.02.